The minimum absolute atomic E-state index is 0.0959. The van der Waals surface area contributed by atoms with E-state index in [2.05, 4.69) is 40.6 Å². The summed E-state index contributed by atoms with van der Waals surface area (Å²) >= 11 is 26.4. The van der Waals surface area contributed by atoms with Crippen molar-refractivity contribution < 1.29 is 4.79 Å². The van der Waals surface area contributed by atoms with E-state index in [0.29, 0.717) is 43.1 Å². The van der Waals surface area contributed by atoms with E-state index in [9.17, 15) is 4.79 Å². The largest absolute Gasteiger partial charge is 0.345 e. The van der Waals surface area contributed by atoms with Gasteiger partial charge in [-0.25, -0.2) is 0 Å². The number of benzene rings is 3. The molecule has 1 heterocycles. The van der Waals surface area contributed by atoms with E-state index in [0.717, 1.165) is 5.56 Å². The van der Waals surface area contributed by atoms with Crippen LogP contribution in [0.5, 0.6) is 0 Å². The van der Waals surface area contributed by atoms with Crippen LogP contribution in [0.15, 0.2) is 65.8 Å². The van der Waals surface area contributed by atoms with Crippen LogP contribution in [-0.2, 0) is 12.3 Å². The Bertz CT molecular complexity index is 1360. The molecule has 0 aliphatic rings. The molecule has 0 saturated heterocycles. The van der Waals surface area contributed by atoms with Crippen LogP contribution in [-0.4, -0.2) is 20.7 Å². The van der Waals surface area contributed by atoms with Crippen LogP contribution in [0.25, 0.3) is 5.69 Å². The van der Waals surface area contributed by atoms with Crippen LogP contribution in [0.3, 0.4) is 0 Å². The first-order valence-electron chi connectivity index (χ1n) is 10.1. The standard InChI is InChI=1S/C24H18Cl4N4OS/c1-14-3-2-4-15(9-14)13-34-24-31-30-22(32(24)21-11-17(26)6-8-19(21)27)12-29-23(33)18-7-5-16(25)10-20(18)28/h2-11H,12-13H2,1H3,(H,29,33). The molecule has 0 radical (unpaired) electrons. The monoisotopic (exact) mass is 550 g/mol. The molecule has 0 saturated carbocycles. The Morgan fingerprint density at radius 1 is 0.941 bits per heavy atom. The van der Waals surface area contributed by atoms with Gasteiger partial charge < -0.3 is 5.32 Å². The second-order valence-corrected chi connectivity index (χ2v) is 10.0. The molecule has 0 spiro atoms. The third-order valence-corrected chi connectivity index (χ3v) is 6.99. The van der Waals surface area contributed by atoms with Gasteiger partial charge in [-0.1, -0.05) is 88.0 Å². The van der Waals surface area contributed by atoms with Crippen LogP contribution in [0.2, 0.25) is 20.1 Å². The Kier molecular flexibility index (Phi) is 8.06. The molecule has 1 N–H and O–H groups in total. The molecule has 34 heavy (non-hydrogen) atoms. The van der Waals surface area contributed by atoms with Gasteiger partial charge in [-0.15, -0.1) is 10.2 Å². The molecule has 0 unspecified atom stereocenters. The lowest BCUT2D eigenvalue weighted by Crippen LogP contribution is -2.25. The van der Waals surface area contributed by atoms with Gasteiger partial charge in [0.25, 0.3) is 5.91 Å². The van der Waals surface area contributed by atoms with Gasteiger partial charge in [0.2, 0.25) is 0 Å². The molecule has 5 nitrogen and oxygen atoms in total. The van der Waals surface area contributed by atoms with Gasteiger partial charge >= 0.3 is 0 Å². The van der Waals surface area contributed by atoms with Gasteiger partial charge in [-0.3, -0.25) is 9.36 Å². The van der Waals surface area contributed by atoms with Crippen molar-refractivity contribution in [1.82, 2.24) is 20.1 Å². The molecule has 0 bridgehead atoms. The Labute approximate surface area is 221 Å². The number of rotatable bonds is 7. The number of carbonyl (C=O) groups excluding carboxylic acids is 1. The number of hydrogen-bond donors (Lipinski definition) is 1. The van der Waals surface area contributed by atoms with E-state index >= 15 is 0 Å². The third-order valence-electron chi connectivity index (χ3n) is 4.88. The fourth-order valence-corrected chi connectivity index (χ4v) is 5.05. The van der Waals surface area contributed by atoms with Crippen molar-refractivity contribution in [1.29, 1.82) is 0 Å². The summed E-state index contributed by atoms with van der Waals surface area (Å²) in [5.74, 6) is 0.821. The number of thioether (sulfide) groups is 1. The van der Waals surface area contributed by atoms with E-state index in [1.807, 2.05) is 6.07 Å². The molecule has 174 valence electrons. The summed E-state index contributed by atoms with van der Waals surface area (Å²) in [4.78, 5) is 12.7. The second-order valence-electron chi connectivity index (χ2n) is 7.41. The molecule has 4 aromatic rings. The van der Waals surface area contributed by atoms with Crippen LogP contribution in [0.4, 0.5) is 0 Å². The molecule has 4 rings (SSSR count). The highest BCUT2D eigenvalue weighted by atomic mass is 35.5. The first kappa shape index (κ1) is 24.9. The maximum Gasteiger partial charge on any atom is 0.253 e. The molecule has 0 aliphatic heterocycles. The zero-order valence-corrected chi connectivity index (χ0v) is 21.7. The molecule has 1 aromatic heterocycles. The number of aromatic nitrogens is 3. The molecular weight excluding hydrogens is 534 g/mol. The molecule has 1 amide bonds. The van der Waals surface area contributed by atoms with Gasteiger partial charge in [0.05, 0.1) is 27.8 Å². The molecule has 0 atom stereocenters. The fraction of sp³-hybridized carbons (Fsp3) is 0.125. The minimum Gasteiger partial charge on any atom is -0.345 e. The van der Waals surface area contributed by atoms with Crippen molar-refractivity contribution in [2.24, 2.45) is 0 Å². The summed E-state index contributed by atoms with van der Waals surface area (Å²) in [6, 6.07) is 18.1. The molecular formula is C24H18Cl4N4OS. The lowest BCUT2D eigenvalue weighted by atomic mass is 10.2. The quantitative estimate of drug-likeness (QED) is 0.243. The average Bonchev–Trinajstić information content (AvgIpc) is 3.20. The maximum absolute atomic E-state index is 12.7. The van der Waals surface area contributed by atoms with E-state index in [-0.39, 0.29) is 17.5 Å². The summed E-state index contributed by atoms with van der Waals surface area (Å²) in [7, 11) is 0. The lowest BCUT2D eigenvalue weighted by molar-refractivity contribution is 0.0950. The Hall–Kier alpha value is -2.22. The van der Waals surface area contributed by atoms with Gasteiger partial charge in [0.15, 0.2) is 11.0 Å². The van der Waals surface area contributed by atoms with Gasteiger partial charge in [0, 0.05) is 15.8 Å². The number of halogens is 4. The van der Waals surface area contributed by atoms with Crippen molar-refractivity contribution in [2.45, 2.75) is 24.4 Å². The van der Waals surface area contributed by atoms with Crippen molar-refractivity contribution >= 4 is 64.1 Å². The molecule has 0 aliphatic carbocycles. The SMILES string of the molecule is Cc1cccc(CSc2nnc(CNC(=O)c3ccc(Cl)cc3Cl)n2-c2cc(Cl)ccc2Cl)c1. The zero-order chi connectivity index (χ0) is 24.2. The summed E-state index contributed by atoms with van der Waals surface area (Å²) < 4.78 is 1.80. The van der Waals surface area contributed by atoms with E-state index in [1.165, 1.54) is 23.4 Å². The molecule has 0 fully saturated rings. The summed E-state index contributed by atoms with van der Waals surface area (Å²) in [6.07, 6.45) is 0. The van der Waals surface area contributed by atoms with Crippen LogP contribution < -0.4 is 5.32 Å². The highest BCUT2D eigenvalue weighted by Crippen LogP contribution is 2.31. The number of nitrogens with zero attached hydrogens (tertiary/aromatic N) is 3. The number of nitrogens with one attached hydrogen (secondary N) is 1. The first-order chi connectivity index (χ1) is 16.3. The zero-order valence-electron chi connectivity index (χ0n) is 17.9. The number of carbonyl (C=O) groups is 1. The summed E-state index contributed by atoms with van der Waals surface area (Å²) in [6.45, 7) is 2.15. The summed E-state index contributed by atoms with van der Waals surface area (Å²) in [5.41, 5.74) is 3.28. The van der Waals surface area contributed by atoms with Crippen LogP contribution >= 0.6 is 58.2 Å². The predicted molar refractivity (Wildman–Crippen MR) is 140 cm³/mol. The van der Waals surface area contributed by atoms with E-state index in [1.54, 1.807) is 34.9 Å². The highest BCUT2D eigenvalue weighted by Gasteiger charge is 2.19. The smallest absolute Gasteiger partial charge is 0.253 e. The first-order valence-corrected chi connectivity index (χ1v) is 12.6. The molecule has 3 aromatic carbocycles. The van der Waals surface area contributed by atoms with Crippen molar-refractivity contribution in [3.05, 3.63) is 103 Å². The molecule has 10 heteroatoms. The van der Waals surface area contributed by atoms with Gasteiger partial charge in [0.1, 0.15) is 0 Å². The van der Waals surface area contributed by atoms with Crippen molar-refractivity contribution in [2.75, 3.05) is 0 Å². The third kappa shape index (κ3) is 5.88. The Morgan fingerprint density at radius 2 is 1.71 bits per heavy atom. The van der Waals surface area contributed by atoms with Crippen LogP contribution in [0, 0.1) is 6.92 Å². The lowest BCUT2D eigenvalue weighted by Gasteiger charge is -2.13. The van der Waals surface area contributed by atoms with E-state index in [4.69, 9.17) is 46.4 Å². The van der Waals surface area contributed by atoms with Crippen molar-refractivity contribution in [3.8, 4) is 5.69 Å². The normalized spacial score (nSPS) is 11.0. The number of amides is 1. The number of hydrogen-bond acceptors (Lipinski definition) is 4. The fourth-order valence-electron chi connectivity index (χ4n) is 3.29. The average molecular weight is 552 g/mol. The van der Waals surface area contributed by atoms with E-state index < -0.39 is 0 Å². The maximum atomic E-state index is 12.7. The number of aryl methyl sites for hydroxylation is 1. The van der Waals surface area contributed by atoms with Crippen molar-refractivity contribution in [3.63, 3.8) is 0 Å². The minimum atomic E-state index is -0.359. The topological polar surface area (TPSA) is 59.8 Å². The Balaban J connectivity index is 1.62. The predicted octanol–water partition coefficient (Wildman–Crippen LogP) is 7.41. The Morgan fingerprint density at radius 3 is 2.47 bits per heavy atom. The van der Waals surface area contributed by atoms with Gasteiger partial charge in [-0.2, -0.15) is 0 Å². The van der Waals surface area contributed by atoms with Gasteiger partial charge in [-0.05, 0) is 48.9 Å². The highest BCUT2D eigenvalue weighted by molar-refractivity contribution is 7.98. The van der Waals surface area contributed by atoms with Crippen LogP contribution in [0.1, 0.15) is 27.3 Å². The second kappa shape index (κ2) is 11.0. The summed E-state index contributed by atoms with van der Waals surface area (Å²) in [5, 5.41) is 13.9.